The van der Waals surface area contributed by atoms with E-state index >= 15 is 0 Å². The Hall–Kier alpha value is -1.94. The van der Waals surface area contributed by atoms with Gasteiger partial charge in [-0.1, -0.05) is 17.7 Å². The highest BCUT2D eigenvalue weighted by Gasteiger charge is 2.11. The number of hydrogen-bond donors (Lipinski definition) is 1. The SMILES string of the molecule is Cc1c(Cl)cccc1C(=O)Nc1ccc(F)nc1. The Labute approximate surface area is 109 Å². The number of anilines is 1. The Balaban J connectivity index is 2.22. The minimum atomic E-state index is -0.591. The average molecular weight is 265 g/mol. The highest BCUT2D eigenvalue weighted by molar-refractivity contribution is 6.32. The number of amides is 1. The topological polar surface area (TPSA) is 42.0 Å². The second-order valence-electron chi connectivity index (χ2n) is 3.74. The number of carbonyl (C=O) groups is 1. The molecule has 1 aromatic carbocycles. The predicted molar refractivity (Wildman–Crippen MR) is 68.3 cm³/mol. The molecule has 0 bridgehead atoms. The van der Waals surface area contributed by atoms with Gasteiger partial charge in [-0.05, 0) is 36.8 Å². The van der Waals surface area contributed by atoms with Crippen LogP contribution in [-0.4, -0.2) is 10.9 Å². The Morgan fingerprint density at radius 3 is 2.78 bits per heavy atom. The van der Waals surface area contributed by atoms with Crippen LogP contribution >= 0.6 is 11.6 Å². The third-order valence-corrected chi connectivity index (χ3v) is 2.91. The average Bonchev–Trinajstić information content (AvgIpc) is 2.35. The predicted octanol–water partition coefficient (Wildman–Crippen LogP) is 3.43. The van der Waals surface area contributed by atoms with Gasteiger partial charge >= 0.3 is 0 Å². The third-order valence-electron chi connectivity index (χ3n) is 2.50. The number of nitrogens with one attached hydrogen (secondary N) is 1. The van der Waals surface area contributed by atoms with Crippen molar-refractivity contribution in [3.8, 4) is 0 Å². The Bertz CT molecular complexity index is 584. The first-order valence-corrected chi connectivity index (χ1v) is 5.64. The highest BCUT2D eigenvalue weighted by atomic mass is 35.5. The number of carbonyl (C=O) groups excluding carboxylic acids is 1. The van der Waals surface area contributed by atoms with Crippen molar-refractivity contribution < 1.29 is 9.18 Å². The number of aromatic nitrogens is 1. The molecule has 0 unspecified atom stereocenters. The summed E-state index contributed by atoms with van der Waals surface area (Å²) >= 11 is 5.94. The first-order chi connectivity index (χ1) is 8.58. The molecule has 0 aliphatic rings. The van der Waals surface area contributed by atoms with Crippen molar-refractivity contribution in [2.45, 2.75) is 6.92 Å². The van der Waals surface area contributed by atoms with Crippen LogP contribution in [0.15, 0.2) is 36.5 Å². The molecule has 0 saturated carbocycles. The van der Waals surface area contributed by atoms with Crippen molar-refractivity contribution in [3.05, 3.63) is 58.6 Å². The highest BCUT2D eigenvalue weighted by Crippen LogP contribution is 2.19. The van der Waals surface area contributed by atoms with Gasteiger partial charge < -0.3 is 5.32 Å². The molecule has 3 nitrogen and oxygen atoms in total. The molecule has 18 heavy (non-hydrogen) atoms. The van der Waals surface area contributed by atoms with Crippen molar-refractivity contribution in [3.63, 3.8) is 0 Å². The molecule has 0 radical (unpaired) electrons. The van der Waals surface area contributed by atoms with Gasteiger partial charge in [-0.15, -0.1) is 0 Å². The Kier molecular flexibility index (Phi) is 3.58. The van der Waals surface area contributed by atoms with Crippen molar-refractivity contribution >= 4 is 23.2 Å². The number of pyridine rings is 1. The molecule has 2 rings (SSSR count). The van der Waals surface area contributed by atoms with Crippen LogP contribution < -0.4 is 5.32 Å². The van der Waals surface area contributed by atoms with Crippen LogP contribution in [0.2, 0.25) is 5.02 Å². The number of hydrogen-bond acceptors (Lipinski definition) is 2. The fourth-order valence-corrected chi connectivity index (χ4v) is 1.68. The lowest BCUT2D eigenvalue weighted by molar-refractivity contribution is 0.102. The van der Waals surface area contributed by atoms with Crippen LogP contribution in [0.1, 0.15) is 15.9 Å². The zero-order valence-corrected chi connectivity index (χ0v) is 10.3. The maximum atomic E-state index is 12.6. The summed E-state index contributed by atoms with van der Waals surface area (Å²) in [6.07, 6.45) is 1.26. The summed E-state index contributed by atoms with van der Waals surface area (Å²) in [6.45, 7) is 1.76. The molecule has 0 aliphatic heterocycles. The maximum Gasteiger partial charge on any atom is 0.256 e. The summed E-state index contributed by atoms with van der Waals surface area (Å²) in [5.41, 5.74) is 1.61. The van der Waals surface area contributed by atoms with Crippen LogP contribution in [-0.2, 0) is 0 Å². The molecule has 0 spiro atoms. The molecule has 1 amide bonds. The normalized spacial score (nSPS) is 10.2. The van der Waals surface area contributed by atoms with Gasteiger partial charge in [0.25, 0.3) is 5.91 Å². The van der Waals surface area contributed by atoms with E-state index in [0.717, 1.165) is 0 Å². The smallest absolute Gasteiger partial charge is 0.256 e. The van der Waals surface area contributed by atoms with E-state index < -0.39 is 5.95 Å². The molecule has 1 N–H and O–H groups in total. The van der Waals surface area contributed by atoms with E-state index in [1.807, 2.05) is 0 Å². The summed E-state index contributed by atoms with van der Waals surface area (Å²) in [7, 11) is 0. The molecule has 1 heterocycles. The van der Waals surface area contributed by atoms with E-state index in [-0.39, 0.29) is 5.91 Å². The van der Waals surface area contributed by atoms with E-state index in [2.05, 4.69) is 10.3 Å². The summed E-state index contributed by atoms with van der Waals surface area (Å²) in [6, 6.07) is 7.72. The standard InChI is InChI=1S/C13H10ClFN2O/c1-8-10(3-2-4-11(8)14)13(18)17-9-5-6-12(15)16-7-9/h2-7H,1H3,(H,17,18). The quantitative estimate of drug-likeness (QED) is 0.845. The van der Waals surface area contributed by atoms with Gasteiger partial charge in [-0.25, -0.2) is 4.98 Å². The number of benzene rings is 1. The first-order valence-electron chi connectivity index (χ1n) is 5.26. The van der Waals surface area contributed by atoms with Gasteiger partial charge in [0, 0.05) is 10.6 Å². The third kappa shape index (κ3) is 2.65. The molecule has 0 atom stereocenters. The fourth-order valence-electron chi connectivity index (χ4n) is 1.50. The van der Waals surface area contributed by atoms with Gasteiger partial charge in [-0.3, -0.25) is 4.79 Å². The molecule has 92 valence electrons. The Morgan fingerprint density at radius 1 is 1.33 bits per heavy atom. The summed E-state index contributed by atoms with van der Waals surface area (Å²) < 4.78 is 12.6. The van der Waals surface area contributed by atoms with Crippen LogP contribution in [0.5, 0.6) is 0 Å². The minimum absolute atomic E-state index is 0.302. The fraction of sp³-hybridized carbons (Fsp3) is 0.0769. The summed E-state index contributed by atoms with van der Waals surface area (Å²) in [5.74, 6) is -0.893. The number of nitrogens with zero attached hydrogens (tertiary/aromatic N) is 1. The van der Waals surface area contributed by atoms with Gasteiger partial charge in [0.05, 0.1) is 11.9 Å². The van der Waals surface area contributed by atoms with Gasteiger partial charge in [0.1, 0.15) is 0 Å². The summed E-state index contributed by atoms with van der Waals surface area (Å²) in [4.78, 5) is 15.4. The lowest BCUT2D eigenvalue weighted by Crippen LogP contribution is -2.13. The monoisotopic (exact) mass is 264 g/mol. The molecule has 0 fully saturated rings. The molecule has 2 aromatic rings. The van der Waals surface area contributed by atoms with Crippen molar-refractivity contribution in [1.29, 1.82) is 0 Å². The molecular weight excluding hydrogens is 255 g/mol. The lowest BCUT2D eigenvalue weighted by Gasteiger charge is -2.08. The lowest BCUT2D eigenvalue weighted by atomic mass is 10.1. The van der Waals surface area contributed by atoms with Crippen LogP contribution in [0.3, 0.4) is 0 Å². The Morgan fingerprint density at radius 2 is 2.11 bits per heavy atom. The molecule has 1 aromatic heterocycles. The first kappa shape index (κ1) is 12.5. The molecule has 0 aliphatic carbocycles. The van der Waals surface area contributed by atoms with E-state index in [1.165, 1.54) is 18.3 Å². The molecule has 0 saturated heterocycles. The molecule has 5 heteroatoms. The van der Waals surface area contributed by atoms with Gasteiger partial charge in [0.2, 0.25) is 5.95 Å². The molecular formula is C13H10ClFN2O. The van der Waals surface area contributed by atoms with E-state index in [0.29, 0.717) is 21.8 Å². The zero-order valence-electron chi connectivity index (χ0n) is 9.58. The summed E-state index contributed by atoms with van der Waals surface area (Å²) in [5, 5.41) is 3.15. The van der Waals surface area contributed by atoms with Crippen LogP contribution in [0.25, 0.3) is 0 Å². The second-order valence-corrected chi connectivity index (χ2v) is 4.14. The largest absolute Gasteiger partial charge is 0.321 e. The van der Waals surface area contributed by atoms with E-state index in [1.54, 1.807) is 25.1 Å². The van der Waals surface area contributed by atoms with Crippen molar-refractivity contribution in [2.75, 3.05) is 5.32 Å². The van der Waals surface area contributed by atoms with Gasteiger partial charge in [-0.2, -0.15) is 4.39 Å². The van der Waals surface area contributed by atoms with Crippen molar-refractivity contribution in [2.24, 2.45) is 0 Å². The van der Waals surface area contributed by atoms with E-state index in [4.69, 9.17) is 11.6 Å². The number of halogens is 2. The van der Waals surface area contributed by atoms with E-state index in [9.17, 15) is 9.18 Å². The minimum Gasteiger partial charge on any atom is -0.321 e. The van der Waals surface area contributed by atoms with Crippen LogP contribution in [0, 0.1) is 12.9 Å². The zero-order chi connectivity index (χ0) is 13.1. The van der Waals surface area contributed by atoms with Crippen LogP contribution in [0.4, 0.5) is 10.1 Å². The van der Waals surface area contributed by atoms with Crippen molar-refractivity contribution in [1.82, 2.24) is 4.98 Å². The second kappa shape index (κ2) is 5.14. The number of rotatable bonds is 2. The maximum absolute atomic E-state index is 12.6. The van der Waals surface area contributed by atoms with Gasteiger partial charge in [0.15, 0.2) is 0 Å².